The Labute approximate surface area is 150 Å². The van der Waals surface area contributed by atoms with Gasteiger partial charge in [-0.1, -0.05) is 6.07 Å². The molecule has 2 aromatic carbocycles. The normalized spacial score (nSPS) is 10.4. The number of hydrogen-bond acceptors (Lipinski definition) is 4. The molecule has 0 bridgehead atoms. The first kappa shape index (κ1) is 17.6. The van der Waals surface area contributed by atoms with Crippen molar-refractivity contribution >= 4 is 17.4 Å². The van der Waals surface area contributed by atoms with Crippen molar-refractivity contribution in [3.05, 3.63) is 78.7 Å². The van der Waals surface area contributed by atoms with Crippen molar-refractivity contribution in [2.24, 2.45) is 0 Å². The number of amides is 1. The molecular formula is C20H17FN2O3. The summed E-state index contributed by atoms with van der Waals surface area (Å²) in [5, 5.41) is 9.09. The lowest BCUT2D eigenvalue weighted by molar-refractivity contribution is -0.118. The molecule has 0 saturated carbocycles. The van der Waals surface area contributed by atoms with E-state index in [1.165, 1.54) is 29.2 Å². The Hall–Kier alpha value is -3.25. The number of benzene rings is 2. The molecule has 1 amide bonds. The number of pyridine rings is 1. The zero-order valence-electron chi connectivity index (χ0n) is 13.9. The summed E-state index contributed by atoms with van der Waals surface area (Å²) in [4.78, 5) is 18.1. The molecule has 1 N–H and O–H groups in total. The number of aliphatic hydroxyl groups is 1. The van der Waals surface area contributed by atoms with Gasteiger partial charge in [-0.05, 0) is 60.7 Å². The summed E-state index contributed by atoms with van der Waals surface area (Å²) >= 11 is 0. The van der Waals surface area contributed by atoms with Crippen LogP contribution in [0.2, 0.25) is 0 Å². The Kier molecular flexibility index (Phi) is 5.56. The van der Waals surface area contributed by atoms with E-state index in [1.807, 2.05) is 0 Å². The van der Waals surface area contributed by atoms with Crippen LogP contribution in [0.25, 0.3) is 0 Å². The van der Waals surface area contributed by atoms with Gasteiger partial charge < -0.3 is 9.84 Å². The third kappa shape index (κ3) is 4.23. The number of hydrogen-bond donors (Lipinski definition) is 1. The van der Waals surface area contributed by atoms with Gasteiger partial charge in [0, 0.05) is 6.20 Å². The smallest absolute Gasteiger partial charge is 0.235 e. The highest BCUT2D eigenvalue weighted by atomic mass is 19.1. The molecule has 0 saturated heterocycles. The van der Waals surface area contributed by atoms with Crippen LogP contribution in [0, 0.1) is 5.82 Å². The maximum Gasteiger partial charge on any atom is 0.235 e. The summed E-state index contributed by atoms with van der Waals surface area (Å²) in [6.45, 7) is -0.242. The van der Waals surface area contributed by atoms with Crippen molar-refractivity contribution in [1.29, 1.82) is 0 Å². The van der Waals surface area contributed by atoms with Crippen LogP contribution in [0.3, 0.4) is 0 Å². The highest BCUT2D eigenvalue weighted by Gasteiger charge is 2.18. The quantitative estimate of drug-likeness (QED) is 0.727. The third-order valence-corrected chi connectivity index (χ3v) is 3.60. The predicted molar refractivity (Wildman–Crippen MR) is 96.0 cm³/mol. The highest BCUT2D eigenvalue weighted by molar-refractivity contribution is 5.99. The molecule has 1 heterocycles. The van der Waals surface area contributed by atoms with Crippen molar-refractivity contribution in [2.45, 2.75) is 6.42 Å². The number of ether oxygens (including phenoxy) is 1. The SMILES string of the molecule is O=C(CCO)N(c1ccc(Oc2ccc(F)cc2)cc1)c1ccccn1. The summed E-state index contributed by atoms with van der Waals surface area (Å²) < 4.78 is 18.6. The summed E-state index contributed by atoms with van der Waals surface area (Å²) in [5.41, 5.74) is 0.605. The second-order valence-corrected chi connectivity index (χ2v) is 5.44. The van der Waals surface area contributed by atoms with Crippen LogP contribution in [0.4, 0.5) is 15.9 Å². The van der Waals surface area contributed by atoms with E-state index in [-0.39, 0.29) is 24.8 Å². The summed E-state index contributed by atoms with van der Waals surface area (Å²) in [6, 6.07) is 17.8. The van der Waals surface area contributed by atoms with E-state index in [0.29, 0.717) is 23.0 Å². The van der Waals surface area contributed by atoms with Crippen LogP contribution in [0.1, 0.15) is 6.42 Å². The molecule has 0 aliphatic rings. The molecule has 0 aliphatic heterocycles. The zero-order chi connectivity index (χ0) is 18.4. The summed E-state index contributed by atoms with van der Waals surface area (Å²) in [6.07, 6.45) is 1.59. The van der Waals surface area contributed by atoms with E-state index in [9.17, 15) is 9.18 Å². The number of aromatic nitrogens is 1. The number of aliphatic hydroxyl groups excluding tert-OH is 1. The second kappa shape index (κ2) is 8.22. The van der Waals surface area contributed by atoms with Gasteiger partial charge in [0.25, 0.3) is 0 Å². The van der Waals surface area contributed by atoms with Gasteiger partial charge in [0.05, 0.1) is 18.7 Å². The average Bonchev–Trinajstić information content (AvgIpc) is 2.66. The Bertz CT molecular complexity index is 852. The molecule has 0 fully saturated rings. The van der Waals surface area contributed by atoms with E-state index in [4.69, 9.17) is 9.84 Å². The van der Waals surface area contributed by atoms with Crippen LogP contribution < -0.4 is 9.64 Å². The lowest BCUT2D eigenvalue weighted by atomic mass is 10.2. The Balaban J connectivity index is 1.83. The molecule has 0 unspecified atom stereocenters. The standard InChI is InChI=1S/C20H17FN2O3/c21-15-4-8-17(9-5-15)26-18-10-6-16(7-11-18)23(20(25)12-14-24)19-3-1-2-13-22-19/h1-11,13,24H,12,14H2. The fourth-order valence-corrected chi connectivity index (χ4v) is 2.40. The molecule has 0 spiro atoms. The first-order valence-electron chi connectivity index (χ1n) is 8.06. The van der Waals surface area contributed by atoms with Gasteiger partial charge >= 0.3 is 0 Å². The van der Waals surface area contributed by atoms with Crippen molar-refractivity contribution in [2.75, 3.05) is 11.5 Å². The van der Waals surface area contributed by atoms with Crippen molar-refractivity contribution < 1.29 is 19.0 Å². The monoisotopic (exact) mass is 352 g/mol. The molecule has 3 aromatic rings. The van der Waals surface area contributed by atoms with Gasteiger partial charge in [0.15, 0.2) is 0 Å². The van der Waals surface area contributed by atoms with E-state index in [0.717, 1.165) is 0 Å². The van der Waals surface area contributed by atoms with Crippen molar-refractivity contribution in [3.8, 4) is 11.5 Å². The van der Waals surface area contributed by atoms with E-state index in [1.54, 1.807) is 48.7 Å². The van der Waals surface area contributed by atoms with Gasteiger partial charge in [0.1, 0.15) is 23.1 Å². The molecule has 0 radical (unpaired) electrons. The Morgan fingerprint density at radius 1 is 1.00 bits per heavy atom. The second-order valence-electron chi connectivity index (χ2n) is 5.44. The molecule has 0 atom stereocenters. The van der Waals surface area contributed by atoms with E-state index < -0.39 is 0 Å². The maximum absolute atomic E-state index is 13.0. The Morgan fingerprint density at radius 3 is 2.23 bits per heavy atom. The molecule has 6 heteroatoms. The van der Waals surface area contributed by atoms with Crippen LogP contribution in [0.5, 0.6) is 11.5 Å². The number of carbonyl (C=O) groups is 1. The van der Waals surface area contributed by atoms with Crippen LogP contribution in [-0.2, 0) is 4.79 Å². The zero-order valence-corrected chi connectivity index (χ0v) is 13.9. The molecule has 0 aliphatic carbocycles. The topological polar surface area (TPSA) is 62.7 Å². The summed E-state index contributed by atoms with van der Waals surface area (Å²) in [5.74, 6) is 0.936. The van der Waals surface area contributed by atoms with E-state index >= 15 is 0 Å². The van der Waals surface area contributed by atoms with Gasteiger partial charge in [-0.25, -0.2) is 9.37 Å². The average molecular weight is 352 g/mol. The van der Waals surface area contributed by atoms with Crippen LogP contribution in [-0.4, -0.2) is 22.6 Å². The van der Waals surface area contributed by atoms with Crippen LogP contribution in [0.15, 0.2) is 72.9 Å². The predicted octanol–water partition coefficient (Wildman–Crippen LogP) is 4.06. The Morgan fingerprint density at radius 2 is 1.65 bits per heavy atom. The number of carbonyl (C=O) groups excluding carboxylic acids is 1. The van der Waals surface area contributed by atoms with Crippen LogP contribution >= 0.6 is 0 Å². The molecule has 1 aromatic heterocycles. The summed E-state index contributed by atoms with van der Waals surface area (Å²) in [7, 11) is 0. The number of nitrogens with zero attached hydrogens (tertiary/aromatic N) is 2. The third-order valence-electron chi connectivity index (χ3n) is 3.60. The molecular weight excluding hydrogens is 335 g/mol. The van der Waals surface area contributed by atoms with Crippen molar-refractivity contribution in [1.82, 2.24) is 4.98 Å². The molecule has 5 nitrogen and oxygen atoms in total. The molecule has 3 rings (SSSR count). The lowest BCUT2D eigenvalue weighted by Gasteiger charge is -2.21. The number of rotatable bonds is 6. The minimum absolute atomic E-state index is 0.00952. The first-order valence-corrected chi connectivity index (χ1v) is 8.06. The van der Waals surface area contributed by atoms with Gasteiger partial charge in [-0.3, -0.25) is 9.69 Å². The number of anilines is 2. The number of halogens is 1. The van der Waals surface area contributed by atoms with Gasteiger partial charge in [-0.2, -0.15) is 0 Å². The molecule has 26 heavy (non-hydrogen) atoms. The van der Waals surface area contributed by atoms with Gasteiger partial charge in [0.2, 0.25) is 5.91 Å². The fourth-order valence-electron chi connectivity index (χ4n) is 2.40. The molecule has 132 valence electrons. The largest absolute Gasteiger partial charge is 0.457 e. The maximum atomic E-state index is 13.0. The van der Waals surface area contributed by atoms with E-state index in [2.05, 4.69) is 4.98 Å². The van der Waals surface area contributed by atoms with Gasteiger partial charge in [-0.15, -0.1) is 0 Å². The first-order chi connectivity index (χ1) is 12.7. The minimum atomic E-state index is -0.332. The lowest BCUT2D eigenvalue weighted by Crippen LogP contribution is -2.27. The fraction of sp³-hybridized carbons (Fsp3) is 0.100. The highest BCUT2D eigenvalue weighted by Crippen LogP contribution is 2.28. The minimum Gasteiger partial charge on any atom is -0.457 e. The van der Waals surface area contributed by atoms with Crippen molar-refractivity contribution in [3.63, 3.8) is 0 Å².